The topological polar surface area (TPSA) is 66.5 Å². The van der Waals surface area contributed by atoms with Crippen LogP contribution in [0.2, 0.25) is 5.02 Å². The van der Waals surface area contributed by atoms with Crippen LogP contribution in [0.15, 0.2) is 36.4 Å². The molecule has 0 fully saturated rings. The van der Waals surface area contributed by atoms with E-state index in [1.165, 1.54) is 6.07 Å². The van der Waals surface area contributed by atoms with Crippen molar-refractivity contribution in [2.24, 2.45) is 0 Å². The van der Waals surface area contributed by atoms with Crippen LogP contribution in [0, 0.1) is 13.8 Å². The number of amides is 3. The van der Waals surface area contributed by atoms with Crippen LogP contribution in [-0.4, -0.2) is 29.2 Å². The van der Waals surface area contributed by atoms with Crippen molar-refractivity contribution in [2.45, 2.75) is 13.8 Å². The number of nitrogens with one attached hydrogen (secondary N) is 1. The number of nitrogens with zero attached hydrogens (tertiary/aromatic N) is 1. The van der Waals surface area contributed by atoms with E-state index in [4.69, 9.17) is 11.6 Å². The van der Waals surface area contributed by atoms with Crippen LogP contribution in [0.4, 0.5) is 5.69 Å². The van der Waals surface area contributed by atoms with Crippen molar-refractivity contribution >= 4 is 35.0 Å². The van der Waals surface area contributed by atoms with E-state index >= 15 is 0 Å². The molecule has 0 unspecified atom stereocenters. The fourth-order valence-electron chi connectivity index (χ4n) is 2.77. The Morgan fingerprint density at radius 3 is 2.29 bits per heavy atom. The van der Waals surface area contributed by atoms with Crippen LogP contribution in [-0.2, 0) is 4.79 Å². The summed E-state index contributed by atoms with van der Waals surface area (Å²) in [4.78, 5) is 38.0. The van der Waals surface area contributed by atoms with Crippen molar-refractivity contribution in [3.8, 4) is 0 Å². The maximum atomic E-state index is 12.4. The van der Waals surface area contributed by atoms with Gasteiger partial charge < -0.3 is 5.32 Å². The number of carbonyl (C=O) groups excluding carboxylic acids is 3. The number of aryl methyl sites for hydroxylation is 2. The molecule has 24 heavy (non-hydrogen) atoms. The minimum atomic E-state index is -0.544. The lowest BCUT2D eigenvalue weighted by Crippen LogP contribution is -2.37. The number of halogens is 1. The maximum Gasteiger partial charge on any atom is 0.263 e. The quantitative estimate of drug-likeness (QED) is 0.871. The Balaban J connectivity index is 1.80. The minimum absolute atomic E-state index is 0.157. The Bertz CT molecular complexity index is 856. The lowest BCUT2D eigenvalue weighted by atomic mass is 10.1. The Kier molecular flexibility index (Phi) is 4.11. The first kappa shape index (κ1) is 16.2. The third kappa shape index (κ3) is 2.67. The number of hydrogen-bond donors (Lipinski definition) is 1. The van der Waals surface area contributed by atoms with Crippen molar-refractivity contribution in [1.82, 2.24) is 4.90 Å². The average Bonchev–Trinajstić information content (AvgIpc) is 2.77. The van der Waals surface area contributed by atoms with E-state index < -0.39 is 17.7 Å². The molecule has 0 bridgehead atoms. The van der Waals surface area contributed by atoms with Crippen LogP contribution in [0.1, 0.15) is 31.8 Å². The SMILES string of the molecule is Cc1cccc(C)c1NC(=O)CN1C(=O)c2cccc(Cl)c2C1=O. The van der Waals surface area contributed by atoms with Crippen molar-refractivity contribution < 1.29 is 14.4 Å². The second-order valence-electron chi connectivity index (χ2n) is 5.67. The zero-order valence-corrected chi connectivity index (χ0v) is 14.0. The molecule has 1 heterocycles. The van der Waals surface area contributed by atoms with Crippen LogP contribution < -0.4 is 5.32 Å². The predicted octanol–water partition coefficient (Wildman–Crippen LogP) is 3.19. The second kappa shape index (κ2) is 6.09. The number of fused-ring (bicyclic) bond motifs is 1. The molecule has 6 heteroatoms. The van der Waals surface area contributed by atoms with Crippen LogP contribution in [0.3, 0.4) is 0 Å². The minimum Gasteiger partial charge on any atom is -0.324 e. The number of hydrogen-bond acceptors (Lipinski definition) is 3. The molecule has 122 valence electrons. The van der Waals surface area contributed by atoms with Crippen molar-refractivity contribution in [1.29, 1.82) is 0 Å². The van der Waals surface area contributed by atoms with Crippen molar-refractivity contribution in [2.75, 3.05) is 11.9 Å². The smallest absolute Gasteiger partial charge is 0.263 e. The molecule has 0 radical (unpaired) electrons. The van der Waals surface area contributed by atoms with Crippen LogP contribution >= 0.6 is 11.6 Å². The Morgan fingerprint density at radius 1 is 1.04 bits per heavy atom. The van der Waals surface area contributed by atoms with Gasteiger partial charge in [0.2, 0.25) is 5.91 Å². The molecule has 3 rings (SSSR count). The number of carbonyl (C=O) groups is 3. The molecule has 1 aliphatic rings. The number of rotatable bonds is 3. The molecule has 5 nitrogen and oxygen atoms in total. The molecule has 0 saturated carbocycles. The van der Waals surface area contributed by atoms with Gasteiger partial charge in [0, 0.05) is 5.69 Å². The number of anilines is 1. The Hall–Kier alpha value is -2.66. The van der Waals surface area contributed by atoms with Crippen molar-refractivity contribution in [3.05, 3.63) is 63.7 Å². The molecule has 2 aromatic carbocycles. The van der Waals surface area contributed by atoms with Gasteiger partial charge in [0.15, 0.2) is 0 Å². The van der Waals surface area contributed by atoms with Crippen molar-refractivity contribution in [3.63, 3.8) is 0 Å². The van der Waals surface area contributed by atoms with Gasteiger partial charge in [-0.2, -0.15) is 0 Å². The van der Waals surface area contributed by atoms with Gasteiger partial charge in [-0.15, -0.1) is 0 Å². The highest BCUT2D eigenvalue weighted by Crippen LogP contribution is 2.29. The van der Waals surface area contributed by atoms with E-state index in [-0.39, 0.29) is 22.7 Å². The molecule has 1 N–H and O–H groups in total. The standard InChI is InChI=1S/C18H15ClN2O3/c1-10-5-3-6-11(2)16(10)20-14(22)9-21-17(23)12-7-4-8-13(19)15(12)18(21)24/h3-8H,9H2,1-2H3,(H,20,22). The average molecular weight is 343 g/mol. The van der Waals surface area contributed by atoms with Gasteiger partial charge in [-0.05, 0) is 37.1 Å². The van der Waals surface area contributed by atoms with Gasteiger partial charge in [-0.25, -0.2) is 0 Å². The molecule has 1 aliphatic heterocycles. The second-order valence-corrected chi connectivity index (χ2v) is 6.08. The summed E-state index contributed by atoms with van der Waals surface area (Å²) in [6.07, 6.45) is 0. The monoisotopic (exact) mass is 342 g/mol. The van der Waals surface area contributed by atoms with E-state index in [2.05, 4.69) is 5.32 Å². The molecule has 0 atom stereocenters. The molecule has 0 aromatic heterocycles. The van der Waals surface area contributed by atoms with Gasteiger partial charge in [-0.1, -0.05) is 35.9 Å². The third-order valence-electron chi connectivity index (χ3n) is 4.00. The summed E-state index contributed by atoms with van der Waals surface area (Å²) < 4.78 is 0. The summed E-state index contributed by atoms with van der Waals surface area (Å²) in [5, 5.41) is 2.98. The lowest BCUT2D eigenvalue weighted by Gasteiger charge is -2.16. The highest BCUT2D eigenvalue weighted by Gasteiger charge is 2.38. The van der Waals surface area contributed by atoms with E-state index in [1.54, 1.807) is 12.1 Å². The maximum absolute atomic E-state index is 12.4. The summed E-state index contributed by atoms with van der Waals surface area (Å²) >= 11 is 6.00. The first-order chi connectivity index (χ1) is 11.4. The van der Waals surface area contributed by atoms with Gasteiger partial charge in [0.25, 0.3) is 11.8 Å². The van der Waals surface area contributed by atoms with E-state index in [1.807, 2.05) is 32.0 Å². The number of benzene rings is 2. The van der Waals surface area contributed by atoms with Gasteiger partial charge in [0.1, 0.15) is 6.54 Å². The predicted molar refractivity (Wildman–Crippen MR) is 91.4 cm³/mol. The molecular weight excluding hydrogens is 328 g/mol. The van der Waals surface area contributed by atoms with Crippen LogP contribution in [0.25, 0.3) is 0 Å². The first-order valence-corrected chi connectivity index (χ1v) is 7.78. The summed E-state index contributed by atoms with van der Waals surface area (Å²) in [6, 6.07) is 10.3. The van der Waals surface area contributed by atoms with Gasteiger partial charge in [0.05, 0.1) is 16.1 Å². The highest BCUT2D eigenvalue weighted by atomic mass is 35.5. The summed E-state index contributed by atoms with van der Waals surface area (Å²) in [7, 11) is 0. The third-order valence-corrected chi connectivity index (χ3v) is 4.31. The zero-order chi connectivity index (χ0) is 17.4. The zero-order valence-electron chi connectivity index (χ0n) is 13.2. The first-order valence-electron chi connectivity index (χ1n) is 7.41. The molecule has 0 spiro atoms. The van der Waals surface area contributed by atoms with Crippen LogP contribution in [0.5, 0.6) is 0 Å². The molecule has 3 amide bonds. The fraction of sp³-hybridized carbons (Fsp3) is 0.167. The lowest BCUT2D eigenvalue weighted by molar-refractivity contribution is -0.116. The highest BCUT2D eigenvalue weighted by molar-refractivity contribution is 6.37. The van der Waals surface area contributed by atoms with E-state index in [0.717, 1.165) is 16.0 Å². The molecule has 0 saturated heterocycles. The molecule has 0 aliphatic carbocycles. The Morgan fingerprint density at radius 2 is 1.67 bits per heavy atom. The van der Waals surface area contributed by atoms with Gasteiger partial charge in [-0.3, -0.25) is 19.3 Å². The van der Waals surface area contributed by atoms with E-state index in [9.17, 15) is 14.4 Å². The summed E-state index contributed by atoms with van der Waals surface area (Å²) in [5.74, 6) is -1.48. The fourth-order valence-corrected chi connectivity index (χ4v) is 3.03. The normalized spacial score (nSPS) is 13.2. The summed E-state index contributed by atoms with van der Waals surface area (Å²) in [6.45, 7) is 3.41. The number of para-hydroxylation sites is 1. The number of imide groups is 1. The largest absolute Gasteiger partial charge is 0.324 e. The van der Waals surface area contributed by atoms with E-state index in [0.29, 0.717) is 5.69 Å². The van der Waals surface area contributed by atoms with Gasteiger partial charge >= 0.3 is 0 Å². The molecule has 2 aromatic rings. The molecular formula is C18H15ClN2O3. The summed E-state index contributed by atoms with van der Waals surface area (Å²) in [5.41, 5.74) is 2.90. The Labute approximate surface area is 144 Å².